The van der Waals surface area contributed by atoms with Gasteiger partial charge in [0.05, 0.1) is 6.20 Å². The minimum absolute atomic E-state index is 0.154. The fourth-order valence-electron chi connectivity index (χ4n) is 2.30. The van der Waals surface area contributed by atoms with Crippen LogP contribution in [0.25, 0.3) is 0 Å². The monoisotopic (exact) mass is 226 g/mol. The maximum absolute atomic E-state index is 13.2. The third kappa shape index (κ3) is 2.68. The minimum Gasteiger partial charge on any atom is -0.367 e. The average molecular weight is 226 g/mol. The van der Waals surface area contributed by atoms with Crippen molar-refractivity contribution < 1.29 is 8.78 Å². The van der Waals surface area contributed by atoms with Crippen LogP contribution >= 0.6 is 0 Å². The molecule has 2 atom stereocenters. The maximum Gasteiger partial charge on any atom is 0.168 e. The van der Waals surface area contributed by atoms with Crippen LogP contribution in [0.4, 0.5) is 14.6 Å². The van der Waals surface area contributed by atoms with Crippen LogP contribution in [0.3, 0.4) is 0 Å². The fourth-order valence-corrected chi connectivity index (χ4v) is 2.30. The van der Waals surface area contributed by atoms with Gasteiger partial charge in [-0.1, -0.05) is 13.3 Å². The first-order chi connectivity index (χ1) is 7.65. The van der Waals surface area contributed by atoms with Gasteiger partial charge in [0.15, 0.2) is 11.6 Å². The smallest absolute Gasteiger partial charge is 0.168 e. The quantitative estimate of drug-likeness (QED) is 0.856. The van der Waals surface area contributed by atoms with Crippen molar-refractivity contribution in [1.82, 2.24) is 4.98 Å². The van der Waals surface area contributed by atoms with Gasteiger partial charge in [-0.15, -0.1) is 0 Å². The van der Waals surface area contributed by atoms with E-state index in [-0.39, 0.29) is 5.82 Å². The highest BCUT2D eigenvalue weighted by Gasteiger charge is 2.21. The summed E-state index contributed by atoms with van der Waals surface area (Å²) in [5.41, 5.74) is 0. The number of aromatic nitrogens is 1. The second kappa shape index (κ2) is 4.76. The predicted molar refractivity (Wildman–Crippen MR) is 59.1 cm³/mol. The van der Waals surface area contributed by atoms with Crippen LogP contribution < -0.4 is 5.32 Å². The maximum atomic E-state index is 13.2. The zero-order chi connectivity index (χ0) is 11.5. The summed E-state index contributed by atoms with van der Waals surface area (Å²) in [5, 5.41) is 2.95. The predicted octanol–water partition coefficient (Wildman–Crippen LogP) is 3.21. The highest BCUT2D eigenvalue weighted by Crippen LogP contribution is 2.30. The Hall–Kier alpha value is -1.19. The molecule has 2 rings (SSSR count). The first-order valence-corrected chi connectivity index (χ1v) is 5.70. The molecule has 1 aliphatic carbocycles. The summed E-state index contributed by atoms with van der Waals surface area (Å²) in [6, 6.07) is 0.854. The highest BCUT2D eigenvalue weighted by atomic mass is 19.1. The lowest BCUT2D eigenvalue weighted by atomic mass is 10.1. The van der Waals surface area contributed by atoms with E-state index in [1.54, 1.807) is 0 Å². The fraction of sp³-hybridized carbons (Fsp3) is 0.583. The normalized spacial score (nSPS) is 24.7. The van der Waals surface area contributed by atoms with Crippen molar-refractivity contribution in [2.75, 3.05) is 11.9 Å². The number of hydrogen-bond donors (Lipinski definition) is 1. The second-order valence-electron chi connectivity index (χ2n) is 4.65. The van der Waals surface area contributed by atoms with Gasteiger partial charge in [-0.3, -0.25) is 0 Å². The van der Waals surface area contributed by atoms with Crippen LogP contribution in [0.5, 0.6) is 0 Å². The molecule has 88 valence electrons. The van der Waals surface area contributed by atoms with Gasteiger partial charge in [-0.2, -0.15) is 0 Å². The Morgan fingerprint density at radius 1 is 1.44 bits per heavy atom. The van der Waals surface area contributed by atoms with Gasteiger partial charge in [0.1, 0.15) is 5.82 Å². The number of pyridine rings is 1. The number of hydrogen-bond acceptors (Lipinski definition) is 2. The Bertz CT molecular complexity index is 368. The Balaban J connectivity index is 1.89. The highest BCUT2D eigenvalue weighted by molar-refractivity contribution is 5.35. The lowest BCUT2D eigenvalue weighted by Gasteiger charge is -2.11. The van der Waals surface area contributed by atoms with Gasteiger partial charge in [0.2, 0.25) is 0 Å². The van der Waals surface area contributed by atoms with Crippen LogP contribution in [-0.4, -0.2) is 11.5 Å². The molecule has 0 saturated heterocycles. The summed E-state index contributed by atoms with van der Waals surface area (Å²) >= 11 is 0. The number of nitrogens with zero attached hydrogens (tertiary/aromatic N) is 1. The molecule has 0 radical (unpaired) electrons. The second-order valence-corrected chi connectivity index (χ2v) is 4.65. The molecule has 1 aromatic heterocycles. The van der Waals surface area contributed by atoms with Crippen LogP contribution in [0.2, 0.25) is 0 Å². The van der Waals surface area contributed by atoms with Gasteiger partial charge < -0.3 is 5.32 Å². The molecule has 0 aromatic carbocycles. The van der Waals surface area contributed by atoms with Crippen LogP contribution in [-0.2, 0) is 0 Å². The van der Waals surface area contributed by atoms with Crippen molar-refractivity contribution in [3.63, 3.8) is 0 Å². The standard InChI is InChI=1S/C12H16F2N2/c1-8-2-3-9(4-8)6-15-12-11(14)5-10(13)7-16-12/h5,7-9H,2-4,6H2,1H3,(H,15,16). The molecule has 4 heteroatoms. The summed E-state index contributed by atoms with van der Waals surface area (Å²) in [4.78, 5) is 3.70. The molecular formula is C12H16F2N2. The van der Waals surface area contributed by atoms with E-state index in [0.717, 1.165) is 24.7 Å². The Morgan fingerprint density at radius 2 is 2.25 bits per heavy atom. The van der Waals surface area contributed by atoms with E-state index in [4.69, 9.17) is 0 Å². The van der Waals surface area contributed by atoms with E-state index < -0.39 is 11.6 Å². The number of halogens is 2. The number of rotatable bonds is 3. The first kappa shape index (κ1) is 11.3. The molecule has 2 unspecified atom stereocenters. The van der Waals surface area contributed by atoms with Crippen molar-refractivity contribution in [3.8, 4) is 0 Å². The van der Waals surface area contributed by atoms with Crippen LogP contribution in [0, 0.1) is 23.5 Å². The number of anilines is 1. The van der Waals surface area contributed by atoms with Gasteiger partial charge in [-0.05, 0) is 24.7 Å². The molecule has 1 aromatic rings. The zero-order valence-electron chi connectivity index (χ0n) is 9.34. The molecule has 0 aliphatic heterocycles. The van der Waals surface area contributed by atoms with Gasteiger partial charge in [0, 0.05) is 12.6 Å². The largest absolute Gasteiger partial charge is 0.367 e. The molecule has 0 amide bonds. The number of nitrogens with one attached hydrogen (secondary N) is 1. The zero-order valence-corrected chi connectivity index (χ0v) is 9.34. The van der Waals surface area contributed by atoms with E-state index >= 15 is 0 Å². The Morgan fingerprint density at radius 3 is 2.88 bits per heavy atom. The summed E-state index contributed by atoms with van der Waals surface area (Å²) in [5.74, 6) is 0.239. The van der Waals surface area contributed by atoms with E-state index in [1.165, 1.54) is 19.3 Å². The van der Waals surface area contributed by atoms with E-state index in [0.29, 0.717) is 5.92 Å². The molecule has 16 heavy (non-hydrogen) atoms. The summed E-state index contributed by atoms with van der Waals surface area (Å²) < 4.78 is 25.8. The van der Waals surface area contributed by atoms with Crippen LogP contribution in [0.15, 0.2) is 12.3 Å². The van der Waals surface area contributed by atoms with Crippen molar-refractivity contribution in [2.24, 2.45) is 11.8 Å². The summed E-state index contributed by atoms with van der Waals surface area (Å²) in [6.07, 6.45) is 4.63. The first-order valence-electron chi connectivity index (χ1n) is 5.70. The van der Waals surface area contributed by atoms with Gasteiger partial charge >= 0.3 is 0 Å². The third-order valence-electron chi connectivity index (χ3n) is 3.17. The molecular weight excluding hydrogens is 210 g/mol. The molecule has 1 saturated carbocycles. The Labute approximate surface area is 94.1 Å². The SMILES string of the molecule is CC1CCC(CNc2ncc(F)cc2F)C1. The lowest BCUT2D eigenvalue weighted by Crippen LogP contribution is -2.13. The molecule has 1 aliphatic rings. The summed E-state index contributed by atoms with van der Waals surface area (Å²) in [7, 11) is 0. The molecule has 1 N–H and O–H groups in total. The molecule has 0 bridgehead atoms. The van der Waals surface area contributed by atoms with E-state index in [2.05, 4.69) is 17.2 Å². The Kier molecular flexibility index (Phi) is 3.36. The van der Waals surface area contributed by atoms with Gasteiger partial charge in [-0.25, -0.2) is 13.8 Å². The molecule has 2 nitrogen and oxygen atoms in total. The average Bonchev–Trinajstić information content (AvgIpc) is 2.63. The minimum atomic E-state index is -0.641. The molecule has 1 heterocycles. The van der Waals surface area contributed by atoms with Crippen LogP contribution in [0.1, 0.15) is 26.2 Å². The summed E-state index contributed by atoms with van der Waals surface area (Å²) in [6.45, 7) is 2.95. The van der Waals surface area contributed by atoms with Gasteiger partial charge in [0.25, 0.3) is 0 Å². The lowest BCUT2D eigenvalue weighted by molar-refractivity contribution is 0.532. The van der Waals surface area contributed by atoms with Crippen molar-refractivity contribution in [2.45, 2.75) is 26.2 Å². The topological polar surface area (TPSA) is 24.9 Å². The molecule has 1 fully saturated rings. The van der Waals surface area contributed by atoms with E-state index in [1.807, 2.05) is 0 Å². The van der Waals surface area contributed by atoms with Crippen molar-refractivity contribution in [3.05, 3.63) is 23.9 Å². The third-order valence-corrected chi connectivity index (χ3v) is 3.17. The molecule has 0 spiro atoms. The van der Waals surface area contributed by atoms with Crippen molar-refractivity contribution in [1.29, 1.82) is 0 Å². The van der Waals surface area contributed by atoms with E-state index in [9.17, 15) is 8.78 Å². The van der Waals surface area contributed by atoms with Crippen molar-refractivity contribution >= 4 is 5.82 Å².